The highest BCUT2D eigenvalue weighted by Crippen LogP contribution is 2.54. The third kappa shape index (κ3) is 5.96. The van der Waals surface area contributed by atoms with Gasteiger partial charge in [-0.3, -0.25) is 4.18 Å². The number of rotatable bonds is 12. The van der Waals surface area contributed by atoms with Crippen molar-refractivity contribution in [2.75, 3.05) is 6.79 Å². The van der Waals surface area contributed by atoms with E-state index in [9.17, 15) is 74.4 Å². The number of hydrogen-bond donors (Lipinski definition) is 1. The summed E-state index contributed by atoms with van der Waals surface area (Å²) in [6.07, 6.45) is -0.419. The average Bonchev–Trinajstić information content (AvgIpc) is 2.76. The molecule has 0 aliphatic heterocycles. The Morgan fingerprint density at radius 3 is 1.83 bits per heavy atom. The standard InChI is InChI=1S/C17H14F9NO11S3/c1-8(2)11(28)36-7-37-12(29)10-3-4-13(5-9(10)6-13)38-41(34,35)16(22,23)14(18,19)15(20,21)39(30,31)27-40(32,33)17(24,25)26/h3-4,27H,1,5-7H2,2H3. The molecule has 0 aromatic rings. The number of alkyl halides is 9. The van der Waals surface area contributed by atoms with E-state index in [1.165, 1.54) is 6.92 Å². The van der Waals surface area contributed by atoms with Crippen LogP contribution in [0.3, 0.4) is 0 Å². The van der Waals surface area contributed by atoms with Gasteiger partial charge in [0.05, 0.1) is 5.57 Å². The maximum absolute atomic E-state index is 14.3. The number of carbonyl (C=O) groups is 2. The Hall–Kier alpha value is -2.70. The Morgan fingerprint density at radius 2 is 1.41 bits per heavy atom. The summed E-state index contributed by atoms with van der Waals surface area (Å²) in [7, 11) is -22.6. The first kappa shape index (κ1) is 34.5. The average molecular weight is 675 g/mol. The molecule has 24 heteroatoms. The number of esters is 2. The third-order valence-corrected chi connectivity index (χ3v) is 9.82. The Kier molecular flexibility index (Phi) is 8.61. The highest BCUT2D eigenvalue weighted by Gasteiger charge is 2.83. The summed E-state index contributed by atoms with van der Waals surface area (Å²) in [6, 6.07) is 0. The quantitative estimate of drug-likeness (QED) is 0.105. The number of hydrogen-bond acceptors (Lipinski definition) is 11. The van der Waals surface area contributed by atoms with Gasteiger partial charge in [0.25, 0.3) is 10.0 Å². The Labute approximate surface area is 224 Å². The van der Waals surface area contributed by atoms with Crippen molar-refractivity contribution < 1.29 is 88.0 Å². The summed E-state index contributed by atoms with van der Waals surface area (Å²) in [6.45, 7) is 3.57. The molecule has 12 nitrogen and oxygen atoms in total. The predicted molar refractivity (Wildman–Crippen MR) is 112 cm³/mol. The maximum atomic E-state index is 14.3. The van der Waals surface area contributed by atoms with E-state index in [0.717, 1.165) is 0 Å². The summed E-state index contributed by atoms with van der Waals surface area (Å²) in [4.78, 5) is 23.3. The first-order valence-corrected chi connectivity index (χ1v) is 14.3. The smallest absolute Gasteiger partial charge is 0.425 e. The lowest BCUT2D eigenvalue weighted by Gasteiger charge is -2.44. The normalized spacial score (nSPS) is 18.0. The lowest BCUT2D eigenvalue weighted by Crippen LogP contribution is -2.64. The molecule has 0 heterocycles. The predicted octanol–water partition coefficient (Wildman–Crippen LogP) is 1.94. The van der Waals surface area contributed by atoms with Crippen molar-refractivity contribution in [3.8, 4) is 0 Å². The van der Waals surface area contributed by atoms with Gasteiger partial charge in [-0.15, -0.1) is 0 Å². The largest absolute Gasteiger partial charge is 0.512 e. The van der Waals surface area contributed by atoms with Gasteiger partial charge in [-0.05, 0) is 24.6 Å². The molecule has 234 valence electrons. The van der Waals surface area contributed by atoms with Gasteiger partial charge in [-0.25, -0.2) is 26.4 Å². The van der Waals surface area contributed by atoms with Crippen molar-refractivity contribution in [3.63, 3.8) is 0 Å². The van der Waals surface area contributed by atoms with E-state index < -0.39 is 93.4 Å². The molecule has 0 atom stereocenters. The molecule has 0 saturated heterocycles. The van der Waals surface area contributed by atoms with Gasteiger partial charge >= 0.3 is 54.0 Å². The highest BCUT2D eigenvalue weighted by atomic mass is 32.3. The van der Waals surface area contributed by atoms with Gasteiger partial charge in [0.15, 0.2) is 0 Å². The second kappa shape index (κ2) is 10.2. The minimum absolute atomic E-state index is 0.0666. The molecular weight excluding hydrogens is 661 g/mol. The van der Waals surface area contributed by atoms with Crippen LogP contribution in [0.15, 0.2) is 35.5 Å². The minimum Gasteiger partial charge on any atom is -0.425 e. The number of ether oxygens (including phenoxy) is 2. The zero-order valence-electron chi connectivity index (χ0n) is 19.6. The van der Waals surface area contributed by atoms with Gasteiger partial charge in [0, 0.05) is 18.4 Å². The molecule has 0 amide bonds. The molecule has 1 fully saturated rings. The van der Waals surface area contributed by atoms with Crippen LogP contribution in [0.5, 0.6) is 0 Å². The molecule has 0 unspecified atom stereocenters. The van der Waals surface area contributed by atoms with Crippen LogP contribution in [0.25, 0.3) is 0 Å². The van der Waals surface area contributed by atoms with Gasteiger partial charge in [0.1, 0.15) is 5.60 Å². The Balaban J connectivity index is 2.26. The van der Waals surface area contributed by atoms with Crippen LogP contribution in [-0.4, -0.2) is 71.5 Å². The molecule has 3 aliphatic carbocycles. The third-order valence-electron chi connectivity index (χ3n) is 5.09. The fourth-order valence-electron chi connectivity index (χ4n) is 2.98. The summed E-state index contributed by atoms with van der Waals surface area (Å²) in [5.74, 6) is -9.80. The molecule has 0 radical (unpaired) electrons. The first-order chi connectivity index (χ1) is 18.1. The van der Waals surface area contributed by atoms with Crippen molar-refractivity contribution in [2.24, 2.45) is 0 Å². The molecule has 0 aromatic carbocycles. The molecule has 1 saturated carbocycles. The molecule has 3 rings (SSSR count). The van der Waals surface area contributed by atoms with Gasteiger partial charge in [0.2, 0.25) is 6.79 Å². The summed E-state index contributed by atoms with van der Waals surface area (Å²) < 4.78 is 202. The van der Waals surface area contributed by atoms with Crippen LogP contribution < -0.4 is 4.13 Å². The number of nitrogens with one attached hydrogen (secondary N) is 1. The highest BCUT2D eigenvalue weighted by molar-refractivity contribution is 8.05. The summed E-state index contributed by atoms with van der Waals surface area (Å²) in [5, 5.41) is -14.7. The van der Waals surface area contributed by atoms with Crippen LogP contribution in [0.2, 0.25) is 0 Å². The van der Waals surface area contributed by atoms with E-state index in [4.69, 9.17) is 0 Å². The van der Waals surface area contributed by atoms with Crippen molar-refractivity contribution in [3.05, 3.63) is 35.5 Å². The SMILES string of the molecule is C=C(C)C(=O)OCOC(=O)C1=C2CC(OS(=O)(=O)C(F)(F)C(F)(F)C(F)(F)S(=O)(=O)NS(=O)(=O)C(F)(F)F)(C=C1)C2. The molecule has 0 spiro atoms. The molecule has 2 bridgehead atoms. The van der Waals surface area contributed by atoms with Crippen molar-refractivity contribution >= 4 is 42.1 Å². The lowest BCUT2D eigenvalue weighted by molar-refractivity contribution is -0.247. The van der Waals surface area contributed by atoms with Crippen LogP contribution >= 0.6 is 0 Å². The van der Waals surface area contributed by atoms with Gasteiger partial charge < -0.3 is 9.47 Å². The zero-order valence-corrected chi connectivity index (χ0v) is 22.0. The van der Waals surface area contributed by atoms with E-state index in [1.807, 2.05) is 0 Å². The van der Waals surface area contributed by atoms with E-state index in [2.05, 4.69) is 20.2 Å². The van der Waals surface area contributed by atoms with Crippen molar-refractivity contribution in [2.45, 2.75) is 47.3 Å². The number of halogens is 9. The van der Waals surface area contributed by atoms with Crippen molar-refractivity contribution in [1.82, 2.24) is 4.13 Å². The van der Waals surface area contributed by atoms with Crippen LogP contribution in [0.1, 0.15) is 19.8 Å². The molecular formula is C17H14F9NO11S3. The zero-order chi connectivity index (χ0) is 32.3. The van der Waals surface area contributed by atoms with Gasteiger partial charge in [-0.2, -0.15) is 47.9 Å². The minimum atomic E-state index is -7.93. The first-order valence-electron chi connectivity index (χ1n) is 9.91. The van der Waals surface area contributed by atoms with Crippen LogP contribution in [0.4, 0.5) is 39.5 Å². The fraction of sp³-hybridized carbons (Fsp3) is 0.529. The van der Waals surface area contributed by atoms with Gasteiger partial charge in [-0.1, -0.05) is 10.7 Å². The number of sulfonamides is 2. The topological polar surface area (TPSA) is 176 Å². The second-order valence-electron chi connectivity index (χ2n) is 8.21. The number of carbonyl (C=O) groups excluding carboxylic acids is 2. The lowest BCUT2D eigenvalue weighted by atomic mass is 9.69. The molecule has 3 aliphatic rings. The summed E-state index contributed by atoms with van der Waals surface area (Å²) in [5.41, 5.74) is -9.72. The molecule has 41 heavy (non-hydrogen) atoms. The van der Waals surface area contributed by atoms with E-state index in [-0.39, 0.29) is 16.7 Å². The molecule has 0 aromatic heterocycles. The fourth-order valence-corrected chi connectivity index (χ4v) is 6.62. The van der Waals surface area contributed by atoms with Crippen LogP contribution in [-0.2, 0) is 53.4 Å². The van der Waals surface area contributed by atoms with E-state index in [1.54, 1.807) is 0 Å². The maximum Gasteiger partial charge on any atom is 0.512 e. The van der Waals surface area contributed by atoms with E-state index >= 15 is 0 Å². The van der Waals surface area contributed by atoms with Crippen molar-refractivity contribution in [1.29, 1.82) is 0 Å². The van der Waals surface area contributed by atoms with E-state index in [0.29, 0.717) is 12.2 Å². The Morgan fingerprint density at radius 1 is 0.902 bits per heavy atom. The van der Waals surface area contributed by atoms with Crippen LogP contribution in [0, 0.1) is 0 Å². The monoisotopic (exact) mass is 675 g/mol. The summed E-state index contributed by atoms with van der Waals surface area (Å²) >= 11 is 0. The molecule has 1 N–H and O–H groups in total. The Bertz CT molecular complexity index is 1540. The second-order valence-corrected chi connectivity index (χ2v) is 13.5. The number of fused-ring (bicyclic) bond motifs is 1.